The van der Waals surface area contributed by atoms with Crippen LogP contribution in [0.3, 0.4) is 0 Å². The van der Waals surface area contributed by atoms with Crippen LogP contribution in [-0.4, -0.2) is 42.2 Å². The Morgan fingerprint density at radius 3 is 2.95 bits per heavy atom. The molecule has 0 aliphatic heterocycles. The highest BCUT2D eigenvalue weighted by molar-refractivity contribution is 7.15. The van der Waals surface area contributed by atoms with Crippen molar-refractivity contribution in [2.24, 2.45) is 0 Å². The number of thiazole rings is 1. The van der Waals surface area contributed by atoms with Gasteiger partial charge in [0.25, 0.3) is 0 Å². The monoisotopic (exact) mass is 296 g/mol. The largest absolute Gasteiger partial charge is 0.383 e. The van der Waals surface area contributed by atoms with Crippen molar-refractivity contribution < 1.29 is 4.74 Å². The van der Waals surface area contributed by atoms with Crippen LogP contribution in [0.1, 0.15) is 26.5 Å². The van der Waals surface area contributed by atoms with E-state index < -0.39 is 0 Å². The Labute approximate surface area is 124 Å². The van der Waals surface area contributed by atoms with Gasteiger partial charge in [-0.05, 0) is 20.4 Å². The van der Waals surface area contributed by atoms with Crippen molar-refractivity contribution in [3.63, 3.8) is 0 Å². The lowest BCUT2D eigenvalue weighted by Crippen LogP contribution is -2.37. The Hall–Kier alpha value is -1.11. The third-order valence-electron chi connectivity index (χ3n) is 3.44. The molecule has 2 aromatic heterocycles. The summed E-state index contributed by atoms with van der Waals surface area (Å²) in [6.07, 6.45) is 2.10. The minimum absolute atomic E-state index is 0.315. The first kappa shape index (κ1) is 15.3. The molecule has 0 aliphatic carbocycles. The summed E-state index contributed by atoms with van der Waals surface area (Å²) in [6.45, 7) is 9.88. The third kappa shape index (κ3) is 2.97. The van der Waals surface area contributed by atoms with E-state index in [0.29, 0.717) is 12.6 Å². The molecule has 0 fully saturated rings. The second kappa shape index (κ2) is 7.06. The number of methoxy groups -OCH3 is 1. The molecule has 0 radical (unpaired) electrons. The highest BCUT2D eigenvalue weighted by atomic mass is 32.1. The first-order chi connectivity index (χ1) is 9.72. The van der Waals surface area contributed by atoms with Crippen molar-refractivity contribution in [2.75, 3.05) is 31.7 Å². The minimum atomic E-state index is 0.315. The lowest BCUT2D eigenvalue weighted by Gasteiger charge is -2.28. The van der Waals surface area contributed by atoms with Crippen molar-refractivity contribution in [3.05, 3.63) is 17.3 Å². The van der Waals surface area contributed by atoms with Crippen LogP contribution in [0.4, 0.5) is 5.82 Å². The molecule has 1 unspecified atom stereocenters. The molecule has 20 heavy (non-hydrogen) atoms. The van der Waals surface area contributed by atoms with E-state index in [2.05, 4.69) is 47.0 Å². The highest BCUT2D eigenvalue weighted by Gasteiger charge is 2.21. The van der Waals surface area contributed by atoms with Gasteiger partial charge in [0, 0.05) is 31.8 Å². The van der Waals surface area contributed by atoms with E-state index in [-0.39, 0.29) is 0 Å². The lowest BCUT2D eigenvalue weighted by molar-refractivity contribution is 0.181. The van der Waals surface area contributed by atoms with Gasteiger partial charge in [0.1, 0.15) is 0 Å². The molecule has 1 N–H and O–H groups in total. The summed E-state index contributed by atoms with van der Waals surface area (Å²) in [5, 5.41) is 5.49. The number of aromatic nitrogens is 2. The van der Waals surface area contributed by atoms with Gasteiger partial charge < -0.3 is 15.0 Å². The van der Waals surface area contributed by atoms with Gasteiger partial charge in [-0.25, -0.2) is 4.98 Å². The minimum Gasteiger partial charge on any atom is -0.383 e. The summed E-state index contributed by atoms with van der Waals surface area (Å²) < 4.78 is 7.48. The average molecular weight is 296 g/mol. The molecule has 0 amide bonds. The molecule has 0 spiro atoms. The van der Waals surface area contributed by atoms with Gasteiger partial charge >= 0.3 is 0 Å². The molecule has 1 atom stereocenters. The zero-order chi connectivity index (χ0) is 14.5. The molecule has 5 nitrogen and oxygen atoms in total. The summed E-state index contributed by atoms with van der Waals surface area (Å²) in [5.41, 5.74) is 1.23. The molecule has 2 rings (SSSR count). The number of nitrogens with one attached hydrogen (secondary N) is 1. The van der Waals surface area contributed by atoms with Crippen molar-refractivity contribution in [2.45, 2.75) is 33.4 Å². The number of likely N-dealkylation sites (N-methyl/N-ethyl adjacent to an activating group) is 1. The number of imidazole rings is 1. The van der Waals surface area contributed by atoms with Crippen LogP contribution in [0, 0.1) is 0 Å². The number of hydrogen-bond donors (Lipinski definition) is 1. The maximum absolute atomic E-state index is 5.30. The fourth-order valence-corrected chi connectivity index (χ4v) is 3.19. The maximum Gasteiger partial charge on any atom is 0.195 e. The molecule has 0 saturated carbocycles. The Bertz CT molecular complexity index is 536. The average Bonchev–Trinajstić information content (AvgIpc) is 2.99. The molecule has 0 aliphatic rings. The van der Waals surface area contributed by atoms with Gasteiger partial charge in [-0.1, -0.05) is 6.92 Å². The summed E-state index contributed by atoms with van der Waals surface area (Å²) in [6, 6.07) is 0.315. The van der Waals surface area contributed by atoms with Gasteiger partial charge in [0.05, 0.1) is 18.3 Å². The van der Waals surface area contributed by atoms with Crippen molar-refractivity contribution in [1.29, 1.82) is 0 Å². The van der Waals surface area contributed by atoms with Gasteiger partial charge in [0.15, 0.2) is 10.8 Å². The Morgan fingerprint density at radius 1 is 1.50 bits per heavy atom. The highest BCUT2D eigenvalue weighted by Crippen LogP contribution is 2.26. The van der Waals surface area contributed by atoms with Gasteiger partial charge in [-0.3, -0.25) is 4.40 Å². The number of nitrogens with zero attached hydrogens (tertiary/aromatic N) is 3. The molecule has 0 aromatic carbocycles. The summed E-state index contributed by atoms with van der Waals surface area (Å²) in [5.74, 6) is 1.07. The predicted octanol–water partition coefficient (Wildman–Crippen LogP) is 2.37. The van der Waals surface area contributed by atoms with Crippen LogP contribution < -0.4 is 10.2 Å². The van der Waals surface area contributed by atoms with Gasteiger partial charge in [0.2, 0.25) is 0 Å². The van der Waals surface area contributed by atoms with E-state index in [4.69, 9.17) is 9.72 Å². The quantitative estimate of drug-likeness (QED) is 0.812. The summed E-state index contributed by atoms with van der Waals surface area (Å²) in [7, 11) is 1.75. The zero-order valence-corrected chi connectivity index (χ0v) is 13.5. The van der Waals surface area contributed by atoms with Crippen LogP contribution in [-0.2, 0) is 11.3 Å². The third-order valence-corrected chi connectivity index (χ3v) is 4.19. The van der Waals surface area contributed by atoms with Crippen LogP contribution in [0.2, 0.25) is 0 Å². The first-order valence-corrected chi connectivity index (χ1v) is 8.01. The molecular weight excluding hydrogens is 272 g/mol. The van der Waals surface area contributed by atoms with Crippen LogP contribution >= 0.6 is 11.3 Å². The Kier molecular flexibility index (Phi) is 5.39. The number of ether oxygens (including phenoxy) is 1. The molecule has 2 aromatic rings. The van der Waals surface area contributed by atoms with E-state index in [1.165, 1.54) is 5.69 Å². The van der Waals surface area contributed by atoms with E-state index in [9.17, 15) is 0 Å². The van der Waals surface area contributed by atoms with Gasteiger partial charge in [-0.15, -0.1) is 11.3 Å². The van der Waals surface area contributed by atoms with E-state index in [0.717, 1.165) is 30.4 Å². The SMILES string of the molecule is CCNCc1c(N(CC)C(C)COC)nc2sccn12. The number of anilines is 1. The Morgan fingerprint density at radius 2 is 2.30 bits per heavy atom. The maximum atomic E-state index is 5.30. The molecular formula is C14H24N4OS. The molecule has 2 heterocycles. The summed E-state index contributed by atoms with van der Waals surface area (Å²) in [4.78, 5) is 8.18. The second-order valence-corrected chi connectivity index (χ2v) is 5.68. The van der Waals surface area contributed by atoms with Crippen LogP contribution in [0.25, 0.3) is 4.96 Å². The second-order valence-electron chi connectivity index (χ2n) is 4.81. The zero-order valence-electron chi connectivity index (χ0n) is 12.7. The topological polar surface area (TPSA) is 41.8 Å². The molecule has 6 heteroatoms. The predicted molar refractivity (Wildman–Crippen MR) is 84.8 cm³/mol. The van der Waals surface area contributed by atoms with Gasteiger partial charge in [-0.2, -0.15) is 0 Å². The molecule has 0 saturated heterocycles. The number of hydrogen-bond acceptors (Lipinski definition) is 5. The van der Waals surface area contributed by atoms with Crippen LogP contribution in [0.5, 0.6) is 0 Å². The smallest absolute Gasteiger partial charge is 0.195 e. The number of rotatable bonds is 8. The molecule has 0 bridgehead atoms. The summed E-state index contributed by atoms with van der Waals surface area (Å²) >= 11 is 1.67. The first-order valence-electron chi connectivity index (χ1n) is 7.13. The standard InChI is InChI=1S/C14H24N4OS/c1-5-15-9-12-13(16-14-18(12)7-8-20-14)17(6-2)11(3)10-19-4/h7-8,11,15H,5-6,9-10H2,1-4H3. The fraction of sp³-hybridized carbons (Fsp3) is 0.643. The lowest BCUT2D eigenvalue weighted by atomic mass is 10.2. The van der Waals surface area contributed by atoms with Crippen molar-refractivity contribution in [3.8, 4) is 0 Å². The van der Waals surface area contributed by atoms with Crippen molar-refractivity contribution >= 4 is 22.1 Å². The number of fused-ring (bicyclic) bond motifs is 1. The normalized spacial score (nSPS) is 13.0. The van der Waals surface area contributed by atoms with E-state index in [1.54, 1.807) is 18.4 Å². The van der Waals surface area contributed by atoms with Crippen molar-refractivity contribution in [1.82, 2.24) is 14.7 Å². The van der Waals surface area contributed by atoms with E-state index in [1.807, 2.05) is 0 Å². The molecule has 112 valence electrons. The van der Waals surface area contributed by atoms with E-state index >= 15 is 0 Å². The van der Waals surface area contributed by atoms with Crippen LogP contribution in [0.15, 0.2) is 11.6 Å². The fourth-order valence-electron chi connectivity index (χ4n) is 2.46. The Balaban J connectivity index is 2.37.